The maximum absolute atomic E-state index is 12.8. The number of hydrogen-bond acceptors (Lipinski definition) is 3. The van der Waals surface area contributed by atoms with E-state index in [0.29, 0.717) is 12.5 Å². The van der Waals surface area contributed by atoms with E-state index in [2.05, 4.69) is 12.2 Å². The molecule has 1 fully saturated rings. The van der Waals surface area contributed by atoms with Crippen LogP contribution in [0.15, 0.2) is 24.3 Å². The molecule has 0 amide bonds. The number of benzene rings is 1. The molecule has 1 aliphatic rings. The topological polar surface area (TPSA) is 38.3 Å². The molecular weight excluding hydrogens is 233 g/mol. The molecule has 98 valence electrons. The largest absolute Gasteiger partial charge is 0.464 e. The standard InChI is InChI=1S/C14H18FNO2/c1-3-18-13(17)14(8-10(2)9-14)16-12-6-4-11(15)5-7-12/h4-7,10,16H,3,8-9H2,1-2H3. The van der Waals surface area contributed by atoms with E-state index in [1.807, 2.05) is 0 Å². The lowest BCUT2D eigenvalue weighted by Gasteiger charge is -2.45. The van der Waals surface area contributed by atoms with Gasteiger partial charge in [0.2, 0.25) is 0 Å². The fourth-order valence-corrected chi connectivity index (χ4v) is 2.53. The van der Waals surface area contributed by atoms with Crippen LogP contribution in [-0.4, -0.2) is 18.1 Å². The maximum atomic E-state index is 12.8. The first-order valence-corrected chi connectivity index (χ1v) is 6.27. The number of nitrogens with one attached hydrogen (secondary N) is 1. The van der Waals surface area contributed by atoms with Crippen LogP contribution in [0.3, 0.4) is 0 Å². The third-order valence-corrected chi connectivity index (χ3v) is 3.29. The lowest BCUT2D eigenvalue weighted by molar-refractivity contribution is -0.153. The summed E-state index contributed by atoms with van der Waals surface area (Å²) in [4.78, 5) is 12.0. The molecule has 2 rings (SSSR count). The summed E-state index contributed by atoms with van der Waals surface area (Å²) in [6.45, 7) is 4.27. The van der Waals surface area contributed by atoms with E-state index < -0.39 is 5.54 Å². The lowest BCUT2D eigenvalue weighted by Crippen LogP contribution is -2.56. The van der Waals surface area contributed by atoms with Crippen LogP contribution in [0.4, 0.5) is 10.1 Å². The smallest absolute Gasteiger partial charge is 0.331 e. The molecule has 1 saturated carbocycles. The monoisotopic (exact) mass is 251 g/mol. The second kappa shape index (κ2) is 4.96. The number of rotatable bonds is 4. The number of esters is 1. The highest BCUT2D eigenvalue weighted by Crippen LogP contribution is 2.41. The zero-order valence-electron chi connectivity index (χ0n) is 10.7. The predicted octanol–water partition coefficient (Wildman–Crippen LogP) is 2.97. The Morgan fingerprint density at radius 2 is 2.06 bits per heavy atom. The Morgan fingerprint density at radius 3 is 2.56 bits per heavy atom. The fraction of sp³-hybridized carbons (Fsp3) is 0.500. The molecule has 0 bridgehead atoms. The molecule has 3 nitrogen and oxygen atoms in total. The van der Waals surface area contributed by atoms with Crippen molar-refractivity contribution >= 4 is 11.7 Å². The van der Waals surface area contributed by atoms with E-state index in [-0.39, 0.29) is 11.8 Å². The van der Waals surface area contributed by atoms with Crippen molar-refractivity contribution < 1.29 is 13.9 Å². The van der Waals surface area contributed by atoms with Crippen LogP contribution in [0.2, 0.25) is 0 Å². The van der Waals surface area contributed by atoms with Gasteiger partial charge in [-0.05, 0) is 49.9 Å². The zero-order chi connectivity index (χ0) is 13.2. The highest BCUT2D eigenvalue weighted by molar-refractivity contribution is 5.86. The van der Waals surface area contributed by atoms with E-state index in [1.54, 1.807) is 19.1 Å². The molecule has 0 unspecified atom stereocenters. The molecule has 1 aromatic rings. The Morgan fingerprint density at radius 1 is 1.44 bits per heavy atom. The van der Waals surface area contributed by atoms with Crippen LogP contribution in [0.25, 0.3) is 0 Å². The summed E-state index contributed by atoms with van der Waals surface area (Å²) in [7, 11) is 0. The number of halogens is 1. The normalized spacial score (nSPS) is 26.3. The second-order valence-electron chi connectivity index (χ2n) is 4.95. The minimum atomic E-state index is -0.632. The number of hydrogen-bond donors (Lipinski definition) is 1. The summed E-state index contributed by atoms with van der Waals surface area (Å²) in [5.41, 5.74) is 0.115. The first-order chi connectivity index (χ1) is 8.55. The average molecular weight is 251 g/mol. The molecule has 1 aliphatic carbocycles. The third kappa shape index (κ3) is 2.47. The van der Waals surface area contributed by atoms with Crippen molar-refractivity contribution in [1.29, 1.82) is 0 Å². The first kappa shape index (κ1) is 12.9. The summed E-state index contributed by atoms with van der Waals surface area (Å²) < 4.78 is 18.0. The minimum absolute atomic E-state index is 0.215. The summed E-state index contributed by atoms with van der Waals surface area (Å²) in [5.74, 6) is 0.00231. The SMILES string of the molecule is CCOC(=O)C1(Nc2ccc(F)cc2)CC(C)C1. The molecule has 0 aromatic heterocycles. The lowest BCUT2D eigenvalue weighted by atomic mass is 9.69. The molecule has 0 heterocycles. The molecule has 0 radical (unpaired) electrons. The van der Waals surface area contributed by atoms with Crippen molar-refractivity contribution in [2.45, 2.75) is 32.2 Å². The van der Waals surface area contributed by atoms with Crippen LogP contribution in [0, 0.1) is 11.7 Å². The van der Waals surface area contributed by atoms with E-state index in [1.165, 1.54) is 12.1 Å². The average Bonchev–Trinajstić information content (AvgIpc) is 2.30. The molecule has 0 aliphatic heterocycles. The van der Waals surface area contributed by atoms with Gasteiger partial charge in [-0.1, -0.05) is 6.92 Å². The van der Waals surface area contributed by atoms with Crippen molar-refractivity contribution in [3.05, 3.63) is 30.1 Å². The number of anilines is 1. The van der Waals surface area contributed by atoms with E-state index in [9.17, 15) is 9.18 Å². The molecular formula is C14H18FNO2. The summed E-state index contributed by atoms with van der Waals surface area (Å²) in [6.07, 6.45) is 1.51. The quantitative estimate of drug-likeness (QED) is 0.836. The van der Waals surface area contributed by atoms with Crippen LogP contribution >= 0.6 is 0 Å². The van der Waals surface area contributed by atoms with Crippen molar-refractivity contribution in [3.8, 4) is 0 Å². The van der Waals surface area contributed by atoms with E-state index in [0.717, 1.165) is 18.5 Å². The van der Waals surface area contributed by atoms with Gasteiger partial charge in [0, 0.05) is 5.69 Å². The number of carbonyl (C=O) groups excluding carboxylic acids is 1. The van der Waals surface area contributed by atoms with Crippen LogP contribution in [0.5, 0.6) is 0 Å². The molecule has 1 aromatic carbocycles. The molecule has 18 heavy (non-hydrogen) atoms. The van der Waals surface area contributed by atoms with Gasteiger partial charge in [0.15, 0.2) is 0 Å². The van der Waals surface area contributed by atoms with Gasteiger partial charge in [0.1, 0.15) is 11.4 Å². The van der Waals surface area contributed by atoms with Gasteiger partial charge >= 0.3 is 5.97 Å². The van der Waals surface area contributed by atoms with Crippen molar-refractivity contribution in [1.82, 2.24) is 0 Å². The fourth-order valence-electron chi connectivity index (χ4n) is 2.53. The van der Waals surface area contributed by atoms with Crippen LogP contribution in [-0.2, 0) is 9.53 Å². The van der Waals surface area contributed by atoms with Gasteiger partial charge in [-0.3, -0.25) is 0 Å². The first-order valence-electron chi connectivity index (χ1n) is 6.27. The second-order valence-corrected chi connectivity index (χ2v) is 4.95. The van der Waals surface area contributed by atoms with Crippen LogP contribution in [0.1, 0.15) is 26.7 Å². The Kier molecular flexibility index (Phi) is 3.55. The predicted molar refractivity (Wildman–Crippen MR) is 67.8 cm³/mol. The zero-order valence-corrected chi connectivity index (χ0v) is 10.7. The maximum Gasteiger partial charge on any atom is 0.331 e. The summed E-state index contributed by atoms with van der Waals surface area (Å²) in [5, 5.41) is 3.19. The molecule has 4 heteroatoms. The van der Waals surface area contributed by atoms with E-state index >= 15 is 0 Å². The number of carbonyl (C=O) groups is 1. The summed E-state index contributed by atoms with van der Waals surface area (Å²) in [6, 6.07) is 6.03. The summed E-state index contributed by atoms with van der Waals surface area (Å²) >= 11 is 0. The van der Waals surface area contributed by atoms with Gasteiger partial charge in [0.25, 0.3) is 0 Å². The Hall–Kier alpha value is -1.58. The van der Waals surface area contributed by atoms with Crippen molar-refractivity contribution in [3.63, 3.8) is 0 Å². The molecule has 0 saturated heterocycles. The Bertz CT molecular complexity index is 424. The van der Waals surface area contributed by atoms with Gasteiger partial charge in [0.05, 0.1) is 6.61 Å². The highest BCUT2D eigenvalue weighted by atomic mass is 19.1. The van der Waals surface area contributed by atoms with Gasteiger partial charge in [-0.15, -0.1) is 0 Å². The molecule has 0 spiro atoms. The number of ether oxygens (including phenoxy) is 1. The highest BCUT2D eigenvalue weighted by Gasteiger charge is 2.49. The third-order valence-electron chi connectivity index (χ3n) is 3.29. The van der Waals surface area contributed by atoms with Gasteiger partial charge in [-0.2, -0.15) is 0 Å². The van der Waals surface area contributed by atoms with E-state index in [4.69, 9.17) is 4.74 Å². The Balaban J connectivity index is 2.11. The molecule has 0 atom stereocenters. The van der Waals surface area contributed by atoms with Crippen molar-refractivity contribution in [2.24, 2.45) is 5.92 Å². The molecule has 1 N–H and O–H groups in total. The van der Waals surface area contributed by atoms with Crippen LogP contribution < -0.4 is 5.32 Å². The minimum Gasteiger partial charge on any atom is -0.464 e. The van der Waals surface area contributed by atoms with Crippen molar-refractivity contribution in [2.75, 3.05) is 11.9 Å². The van der Waals surface area contributed by atoms with Gasteiger partial charge < -0.3 is 10.1 Å². The Labute approximate surface area is 106 Å². The van der Waals surface area contributed by atoms with Gasteiger partial charge in [-0.25, -0.2) is 9.18 Å².